The molecule has 0 aliphatic rings. The predicted octanol–water partition coefficient (Wildman–Crippen LogP) is 3.24. The van der Waals surface area contributed by atoms with Crippen molar-refractivity contribution in [1.82, 2.24) is 0 Å². The second-order valence-electron chi connectivity index (χ2n) is 6.73. The smallest absolute Gasteiger partial charge is 0.372 e. The van der Waals surface area contributed by atoms with E-state index in [1.165, 1.54) is 5.56 Å². The molecule has 26 heavy (non-hydrogen) atoms. The number of amidine groups is 1. The Morgan fingerprint density at radius 3 is 2.12 bits per heavy atom. The number of hydrogen-bond donors (Lipinski definition) is 1. The minimum Gasteiger partial charge on any atom is -0.497 e. The van der Waals surface area contributed by atoms with E-state index in [0.29, 0.717) is 17.1 Å². The molecule has 0 amide bonds. The van der Waals surface area contributed by atoms with Crippen LogP contribution in [0.1, 0.15) is 31.9 Å². The molecule has 0 atom stereocenters. The third kappa shape index (κ3) is 5.51. The van der Waals surface area contributed by atoms with Gasteiger partial charge in [-0.2, -0.15) is 0 Å². The summed E-state index contributed by atoms with van der Waals surface area (Å²) in [5.41, 5.74) is 7.66. The third-order valence-electron chi connectivity index (χ3n) is 3.71. The van der Waals surface area contributed by atoms with Crippen molar-refractivity contribution in [1.29, 1.82) is 0 Å². The number of hydrogen-bond acceptors (Lipinski definition) is 5. The Bertz CT molecular complexity index is 760. The van der Waals surface area contributed by atoms with Crippen molar-refractivity contribution in [2.75, 3.05) is 13.7 Å². The molecular formula is C20H24N2O4. The fourth-order valence-corrected chi connectivity index (χ4v) is 2.13. The Kier molecular flexibility index (Phi) is 6.22. The maximum Gasteiger partial charge on any atom is 0.372 e. The van der Waals surface area contributed by atoms with Gasteiger partial charge in [0.05, 0.1) is 7.11 Å². The van der Waals surface area contributed by atoms with Crippen LogP contribution >= 0.6 is 0 Å². The van der Waals surface area contributed by atoms with E-state index >= 15 is 0 Å². The first-order valence-electron chi connectivity index (χ1n) is 8.20. The van der Waals surface area contributed by atoms with Crippen molar-refractivity contribution in [3.05, 3.63) is 59.7 Å². The molecule has 2 rings (SSSR count). The lowest BCUT2D eigenvalue weighted by Gasteiger charge is -2.19. The van der Waals surface area contributed by atoms with Crippen molar-refractivity contribution in [2.45, 2.75) is 26.2 Å². The van der Waals surface area contributed by atoms with Crippen molar-refractivity contribution < 1.29 is 19.1 Å². The number of rotatable bonds is 6. The van der Waals surface area contributed by atoms with Crippen LogP contribution in [0.3, 0.4) is 0 Å². The third-order valence-corrected chi connectivity index (χ3v) is 3.71. The van der Waals surface area contributed by atoms with E-state index in [9.17, 15) is 4.79 Å². The van der Waals surface area contributed by atoms with Crippen LogP contribution in [-0.4, -0.2) is 25.5 Å². The molecule has 0 saturated carbocycles. The first kappa shape index (κ1) is 19.3. The second-order valence-corrected chi connectivity index (χ2v) is 6.73. The SMILES string of the molecule is COc1ccc(/C(N)=N/OC(=O)COc2ccc(C(C)(C)C)cc2)cc1. The van der Waals surface area contributed by atoms with E-state index in [0.717, 1.165) is 0 Å². The minimum absolute atomic E-state index is 0.0607. The lowest BCUT2D eigenvalue weighted by molar-refractivity contribution is -0.146. The first-order valence-corrected chi connectivity index (χ1v) is 8.20. The average molecular weight is 356 g/mol. The summed E-state index contributed by atoms with van der Waals surface area (Å²) < 4.78 is 10.5. The molecule has 0 aromatic heterocycles. The lowest BCUT2D eigenvalue weighted by Crippen LogP contribution is -2.18. The van der Waals surface area contributed by atoms with E-state index in [4.69, 9.17) is 20.0 Å². The number of benzene rings is 2. The summed E-state index contributed by atoms with van der Waals surface area (Å²) >= 11 is 0. The molecular weight excluding hydrogens is 332 g/mol. The quantitative estimate of drug-likeness (QED) is 0.372. The maximum absolute atomic E-state index is 11.7. The Morgan fingerprint density at radius 2 is 1.58 bits per heavy atom. The Morgan fingerprint density at radius 1 is 1.00 bits per heavy atom. The van der Waals surface area contributed by atoms with Crippen molar-refractivity contribution in [3.63, 3.8) is 0 Å². The van der Waals surface area contributed by atoms with Crippen molar-refractivity contribution in [3.8, 4) is 11.5 Å². The highest BCUT2D eigenvalue weighted by molar-refractivity contribution is 5.97. The first-order chi connectivity index (χ1) is 12.3. The molecule has 0 spiro atoms. The molecule has 2 aromatic carbocycles. The summed E-state index contributed by atoms with van der Waals surface area (Å²) in [4.78, 5) is 16.5. The number of ether oxygens (including phenoxy) is 2. The molecule has 0 saturated heterocycles. The Hall–Kier alpha value is -3.02. The van der Waals surface area contributed by atoms with Crippen LogP contribution in [0.2, 0.25) is 0 Å². The zero-order chi connectivity index (χ0) is 19.2. The molecule has 0 aliphatic carbocycles. The summed E-state index contributed by atoms with van der Waals surface area (Å²) in [5.74, 6) is 0.739. The maximum atomic E-state index is 11.7. The van der Waals surface area contributed by atoms with Gasteiger partial charge in [-0.25, -0.2) is 4.79 Å². The monoisotopic (exact) mass is 356 g/mol. The Balaban J connectivity index is 1.86. The van der Waals surface area contributed by atoms with E-state index in [2.05, 4.69) is 25.9 Å². The van der Waals surface area contributed by atoms with Gasteiger partial charge >= 0.3 is 5.97 Å². The van der Waals surface area contributed by atoms with Gasteiger partial charge in [-0.05, 0) is 47.4 Å². The molecule has 0 unspecified atom stereocenters. The van der Waals surface area contributed by atoms with Crippen LogP contribution in [0, 0.1) is 0 Å². The van der Waals surface area contributed by atoms with E-state index < -0.39 is 5.97 Å². The highest BCUT2D eigenvalue weighted by atomic mass is 16.7. The van der Waals surface area contributed by atoms with Crippen molar-refractivity contribution >= 4 is 11.8 Å². The van der Waals surface area contributed by atoms with Gasteiger partial charge in [-0.1, -0.05) is 38.1 Å². The molecule has 0 bridgehead atoms. The standard InChI is InChI=1S/C20H24N2O4/c1-20(2,3)15-7-11-17(12-8-15)25-13-18(23)26-22-19(21)14-5-9-16(24-4)10-6-14/h5-12H,13H2,1-4H3,(H2,21,22). The Labute approximate surface area is 153 Å². The fourth-order valence-electron chi connectivity index (χ4n) is 2.13. The van der Waals surface area contributed by atoms with Gasteiger partial charge < -0.3 is 20.0 Å². The molecule has 2 N–H and O–H groups in total. The molecule has 0 radical (unpaired) electrons. The van der Waals surface area contributed by atoms with E-state index in [-0.39, 0.29) is 17.9 Å². The van der Waals surface area contributed by atoms with Gasteiger partial charge in [0.1, 0.15) is 11.5 Å². The normalized spacial score (nSPS) is 11.8. The van der Waals surface area contributed by atoms with Gasteiger partial charge in [0, 0.05) is 5.56 Å². The highest BCUT2D eigenvalue weighted by Gasteiger charge is 2.13. The van der Waals surface area contributed by atoms with Gasteiger partial charge in [0.15, 0.2) is 12.4 Å². The molecule has 138 valence electrons. The molecule has 0 fully saturated rings. The number of nitrogens with two attached hydrogens (primary N) is 1. The summed E-state index contributed by atoms with van der Waals surface area (Å²) in [6, 6.07) is 14.5. The highest BCUT2D eigenvalue weighted by Crippen LogP contribution is 2.24. The van der Waals surface area contributed by atoms with Gasteiger partial charge in [-0.3, -0.25) is 0 Å². The molecule has 2 aromatic rings. The van der Waals surface area contributed by atoms with E-state index in [1.54, 1.807) is 31.4 Å². The molecule has 6 heteroatoms. The largest absolute Gasteiger partial charge is 0.497 e. The van der Waals surface area contributed by atoms with Crippen LogP contribution in [0.5, 0.6) is 11.5 Å². The summed E-state index contributed by atoms with van der Waals surface area (Å²) in [7, 11) is 1.57. The average Bonchev–Trinajstić information content (AvgIpc) is 2.64. The molecule has 6 nitrogen and oxygen atoms in total. The minimum atomic E-state index is -0.638. The number of carbonyl (C=O) groups excluding carboxylic acids is 1. The van der Waals surface area contributed by atoms with Crippen LogP contribution < -0.4 is 15.2 Å². The lowest BCUT2D eigenvalue weighted by atomic mass is 9.87. The van der Waals surface area contributed by atoms with Crippen LogP contribution in [0.25, 0.3) is 0 Å². The number of carbonyl (C=O) groups is 1. The van der Waals surface area contributed by atoms with Gasteiger partial charge in [-0.15, -0.1) is 0 Å². The number of oxime groups is 1. The van der Waals surface area contributed by atoms with E-state index in [1.807, 2.05) is 24.3 Å². The van der Waals surface area contributed by atoms with Crippen molar-refractivity contribution in [2.24, 2.45) is 10.9 Å². The zero-order valence-corrected chi connectivity index (χ0v) is 15.5. The topological polar surface area (TPSA) is 83.1 Å². The summed E-state index contributed by atoms with van der Waals surface area (Å²) in [6.45, 7) is 6.14. The summed E-state index contributed by atoms with van der Waals surface area (Å²) in [5, 5.41) is 3.63. The number of methoxy groups -OCH3 is 1. The van der Waals surface area contributed by atoms with Gasteiger partial charge in [0.2, 0.25) is 0 Å². The van der Waals surface area contributed by atoms with Crippen LogP contribution in [0.15, 0.2) is 53.7 Å². The van der Waals surface area contributed by atoms with Crippen LogP contribution in [-0.2, 0) is 15.0 Å². The van der Waals surface area contributed by atoms with Gasteiger partial charge in [0.25, 0.3) is 0 Å². The fraction of sp³-hybridized carbons (Fsp3) is 0.300. The molecule has 0 aliphatic heterocycles. The number of nitrogens with zero attached hydrogens (tertiary/aromatic N) is 1. The van der Waals surface area contributed by atoms with Crippen LogP contribution in [0.4, 0.5) is 0 Å². The zero-order valence-electron chi connectivity index (χ0n) is 15.5. The predicted molar refractivity (Wildman–Crippen MR) is 100 cm³/mol. The summed E-state index contributed by atoms with van der Waals surface area (Å²) in [6.07, 6.45) is 0. The second kappa shape index (κ2) is 8.38. The molecule has 0 heterocycles.